The Labute approximate surface area is 120 Å². The summed E-state index contributed by atoms with van der Waals surface area (Å²) < 4.78 is 32.8. The Hall–Kier alpha value is -1.53. The number of methoxy groups -OCH3 is 1. The van der Waals surface area contributed by atoms with Crippen LogP contribution in [0.15, 0.2) is 57.9 Å². The Balaban J connectivity index is 2.34. The second-order valence-electron chi connectivity index (χ2n) is 3.76. The highest BCUT2D eigenvalue weighted by Gasteiger charge is 2.15. The van der Waals surface area contributed by atoms with Crippen molar-refractivity contribution in [2.45, 2.75) is 4.90 Å². The third kappa shape index (κ3) is 3.27. The van der Waals surface area contributed by atoms with Gasteiger partial charge in [-0.2, -0.15) is 0 Å². The van der Waals surface area contributed by atoms with Crippen LogP contribution in [0.4, 0.5) is 5.69 Å². The van der Waals surface area contributed by atoms with E-state index >= 15 is 0 Å². The van der Waals surface area contributed by atoms with Crippen molar-refractivity contribution in [2.75, 3.05) is 11.8 Å². The fraction of sp³-hybridized carbons (Fsp3) is 0.0769. The SMILES string of the molecule is COc1ccccc1NS(=O)(=O)c1ccc(Br)cc1. The molecule has 2 rings (SSSR count). The molecule has 0 spiro atoms. The largest absolute Gasteiger partial charge is 0.495 e. The lowest BCUT2D eigenvalue weighted by Gasteiger charge is -2.11. The summed E-state index contributed by atoms with van der Waals surface area (Å²) in [6.07, 6.45) is 0. The van der Waals surface area contributed by atoms with Crippen LogP contribution in [0.1, 0.15) is 0 Å². The van der Waals surface area contributed by atoms with Gasteiger partial charge in [-0.25, -0.2) is 8.42 Å². The van der Waals surface area contributed by atoms with E-state index in [2.05, 4.69) is 20.7 Å². The van der Waals surface area contributed by atoms with Gasteiger partial charge in [-0.3, -0.25) is 4.72 Å². The Morgan fingerprint density at radius 3 is 2.32 bits per heavy atom. The fourth-order valence-corrected chi connectivity index (χ4v) is 2.88. The first-order valence-corrected chi connectivity index (χ1v) is 7.72. The standard InChI is InChI=1S/C13H12BrNO3S/c1-18-13-5-3-2-4-12(13)15-19(16,17)11-8-6-10(14)7-9-11/h2-9,15H,1H3. The highest BCUT2D eigenvalue weighted by atomic mass is 79.9. The van der Waals surface area contributed by atoms with Crippen LogP contribution in [0, 0.1) is 0 Å². The maximum absolute atomic E-state index is 12.2. The molecule has 2 aromatic carbocycles. The lowest BCUT2D eigenvalue weighted by molar-refractivity contribution is 0.417. The van der Waals surface area contributed by atoms with E-state index in [-0.39, 0.29) is 4.90 Å². The molecule has 0 unspecified atom stereocenters. The molecule has 6 heteroatoms. The highest BCUT2D eigenvalue weighted by molar-refractivity contribution is 9.10. The van der Waals surface area contributed by atoms with Crippen LogP contribution in [0.5, 0.6) is 5.75 Å². The van der Waals surface area contributed by atoms with Crippen LogP contribution < -0.4 is 9.46 Å². The average Bonchev–Trinajstić information content (AvgIpc) is 2.39. The van der Waals surface area contributed by atoms with E-state index in [0.29, 0.717) is 11.4 Å². The number of para-hydroxylation sites is 2. The first-order chi connectivity index (χ1) is 9.03. The number of ether oxygens (including phenoxy) is 1. The number of rotatable bonds is 4. The number of halogens is 1. The predicted molar refractivity (Wildman–Crippen MR) is 77.9 cm³/mol. The molecule has 2 aromatic rings. The van der Waals surface area contributed by atoms with Crippen molar-refractivity contribution in [1.82, 2.24) is 0 Å². The third-order valence-corrected chi connectivity index (χ3v) is 4.39. The van der Waals surface area contributed by atoms with Gasteiger partial charge in [0.15, 0.2) is 0 Å². The fourth-order valence-electron chi connectivity index (χ4n) is 1.55. The topological polar surface area (TPSA) is 55.4 Å². The first kappa shape index (κ1) is 13.9. The molecule has 19 heavy (non-hydrogen) atoms. The van der Waals surface area contributed by atoms with Crippen molar-refractivity contribution < 1.29 is 13.2 Å². The van der Waals surface area contributed by atoms with Gasteiger partial charge >= 0.3 is 0 Å². The van der Waals surface area contributed by atoms with Gasteiger partial charge in [0.05, 0.1) is 17.7 Å². The molecule has 0 atom stereocenters. The minimum Gasteiger partial charge on any atom is -0.495 e. The van der Waals surface area contributed by atoms with E-state index < -0.39 is 10.0 Å². The molecule has 0 saturated carbocycles. The van der Waals surface area contributed by atoms with Crippen LogP contribution >= 0.6 is 15.9 Å². The quantitative estimate of drug-likeness (QED) is 0.928. The van der Waals surface area contributed by atoms with Crippen LogP contribution in [0.3, 0.4) is 0 Å². The van der Waals surface area contributed by atoms with E-state index in [1.54, 1.807) is 36.4 Å². The van der Waals surface area contributed by atoms with Crippen molar-refractivity contribution in [3.8, 4) is 5.75 Å². The highest BCUT2D eigenvalue weighted by Crippen LogP contribution is 2.26. The molecule has 0 aliphatic heterocycles. The molecule has 0 radical (unpaired) electrons. The number of nitrogens with one attached hydrogen (secondary N) is 1. The van der Waals surface area contributed by atoms with Crippen molar-refractivity contribution in [1.29, 1.82) is 0 Å². The molecule has 100 valence electrons. The third-order valence-electron chi connectivity index (χ3n) is 2.48. The van der Waals surface area contributed by atoms with Gasteiger partial charge in [-0.1, -0.05) is 28.1 Å². The normalized spacial score (nSPS) is 11.1. The Morgan fingerprint density at radius 2 is 1.68 bits per heavy atom. The van der Waals surface area contributed by atoms with Crippen molar-refractivity contribution in [3.63, 3.8) is 0 Å². The zero-order chi connectivity index (χ0) is 13.9. The Kier molecular flexibility index (Phi) is 4.11. The van der Waals surface area contributed by atoms with Gasteiger partial charge in [-0.05, 0) is 36.4 Å². The molecule has 0 aliphatic rings. The van der Waals surface area contributed by atoms with Gasteiger partial charge < -0.3 is 4.74 Å². The maximum Gasteiger partial charge on any atom is 0.262 e. The zero-order valence-corrected chi connectivity index (χ0v) is 12.5. The monoisotopic (exact) mass is 341 g/mol. The summed E-state index contributed by atoms with van der Waals surface area (Å²) in [5.41, 5.74) is 0.410. The van der Waals surface area contributed by atoms with Gasteiger partial charge in [0.2, 0.25) is 0 Å². The molecule has 0 fully saturated rings. The first-order valence-electron chi connectivity index (χ1n) is 5.44. The predicted octanol–water partition coefficient (Wildman–Crippen LogP) is 3.26. The summed E-state index contributed by atoms with van der Waals surface area (Å²) in [5, 5.41) is 0. The second-order valence-corrected chi connectivity index (χ2v) is 6.36. The van der Waals surface area contributed by atoms with Crippen molar-refractivity contribution >= 4 is 31.6 Å². The van der Waals surface area contributed by atoms with E-state index in [9.17, 15) is 8.42 Å². The van der Waals surface area contributed by atoms with E-state index in [4.69, 9.17) is 4.74 Å². The number of anilines is 1. The van der Waals surface area contributed by atoms with Crippen molar-refractivity contribution in [2.24, 2.45) is 0 Å². The molecule has 0 aliphatic carbocycles. The van der Waals surface area contributed by atoms with Gasteiger partial charge in [0.25, 0.3) is 10.0 Å². The number of hydrogen-bond donors (Lipinski definition) is 1. The molecule has 0 aromatic heterocycles. The molecular formula is C13H12BrNO3S. The van der Waals surface area contributed by atoms with E-state index in [1.165, 1.54) is 19.2 Å². The number of benzene rings is 2. The van der Waals surface area contributed by atoms with Gasteiger partial charge in [0, 0.05) is 4.47 Å². The van der Waals surface area contributed by atoms with Crippen LogP contribution in [-0.4, -0.2) is 15.5 Å². The average molecular weight is 342 g/mol. The number of hydrogen-bond acceptors (Lipinski definition) is 3. The van der Waals surface area contributed by atoms with Crippen LogP contribution in [0.2, 0.25) is 0 Å². The van der Waals surface area contributed by atoms with E-state index in [0.717, 1.165) is 4.47 Å². The maximum atomic E-state index is 12.2. The van der Waals surface area contributed by atoms with Crippen molar-refractivity contribution in [3.05, 3.63) is 53.0 Å². The molecule has 0 bridgehead atoms. The molecule has 0 heterocycles. The summed E-state index contributed by atoms with van der Waals surface area (Å²) >= 11 is 3.27. The summed E-state index contributed by atoms with van der Waals surface area (Å²) in [4.78, 5) is 0.196. The molecule has 4 nitrogen and oxygen atoms in total. The molecule has 0 amide bonds. The molecule has 1 N–H and O–H groups in total. The smallest absolute Gasteiger partial charge is 0.262 e. The summed E-state index contributed by atoms with van der Waals surface area (Å²) in [5.74, 6) is 0.475. The molecule has 0 saturated heterocycles. The molecular weight excluding hydrogens is 330 g/mol. The van der Waals surface area contributed by atoms with E-state index in [1.807, 2.05) is 0 Å². The Bertz CT molecular complexity index is 669. The van der Waals surface area contributed by atoms with Gasteiger partial charge in [0.1, 0.15) is 5.75 Å². The van der Waals surface area contributed by atoms with Crippen LogP contribution in [0.25, 0.3) is 0 Å². The second kappa shape index (κ2) is 5.63. The lowest BCUT2D eigenvalue weighted by atomic mass is 10.3. The minimum atomic E-state index is -3.61. The van der Waals surface area contributed by atoms with Gasteiger partial charge in [-0.15, -0.1) is 0 Å². The Morgan fingerprint density at radius 1 is 1.05 bits per heavy atom. The minimum absolute atomic E-state index is 0.196. The zero-order valence-electron chi connectivity index (χ0n) is 10.1. The number of sulfonamides is 1. The summed E-state index contributed by atoms with van der Waals surface area (Å²) in [7, 11) is -2.12. The summed E-state index contributed by atoms with van der Waals surface area (Å²) in [6.45, 7) is 0. The lowest BCUT2D eigenvalue weighted by Crippen LogP contribution is -2.13. The summed E-state index contributed by atoms with van der Waals surface area (Å²) in [6, 6.07) is 13.3. The van der Waals surface area contributed by atoms with Crippen LogP contribution in [-0.2, 0) is 10.0 Å².